The zero-order chi connectivity index (χ0) is 22.9. The van der Waals surface area contributed by atoms with Crippen molar-refractivity contribution in [1.29, 1.82) is 0 Å². The lowest BCUT2D eigenvalue weighted by molar-refractivity contribution is -0.138. The fourth-order valence-corrected chi connectivity index (χ4v) is 6.51. The summed E-state index contributed by atoms with van der Waals surface area (Å²) in [5, 5.41) is 11.1. The number of tetrazole rings is 1. The molecule has 1 spiro atoms. The monoisotopic (exact) mass is 450 g/mol. The third-order valence-electron chi connectivity index (χ3n) is 8.22. The van der Waals surface area contributed by atoms with Gasteiger partial charge in [-0.15, -0.1) is 5.10 Å². The van der Waals surface area contributed by atoms with Gasteiger partial charge in [0.15, 0.2) is 5.82 Å². The van der Waals surface area contributed by atoms with Gasteiger partial charge in [0, 0.05) is 18.6 Å². The van der Waals surface area contributed by atoms with Crippen LogP contribution in [0.25, 0.3) is 5.82 Å². The maximum atomic E-state index is 13.5. The number of amides is 1. The van der Waals surface area contributed by atoms with E-state index in [0.717, 1.165) is 30.7 Å². The van der Waals surface area contributed by atoms with Crippen molar-refractivity contribution < 1.29 is 14.3 Å². The van der Waals surface area contributed by atoms with Crippen molar-refractivity contribution in [2.24, 2.45) is 17.3 Å². The fourth-order valence-electron chi connectivity index (χ4n) is 6.51. The standard InChI is InChI=1S/C22H26N8O3/c1-12-17(10-33-20(12)31)30-13(2)19-16-6-15(4-5-22(16,19)21(30)32)28(3)9-14-7-24-18(8-23-14)29-11-25-26-27-29/h7-8,11,13,15-16,19H,4-6,9-10H2,1-3H3/t13-,15-,16?,19?,22+/m0/s1. The largest absolute Gasteiger partial charge is 0.456 e. The molecule has 2 aromatic rings. The number of hydrogen-bond donors (Lipinski definition) is 0. The van der Waals surface area contributed by atoms with Crippen molar-refractivity contribution >= 4 is 11.9 Å². The molecule has 0 N–H and O–H groups in total. The highest BCUT2D eigenvalue weighted by molar-refractivity contribution is 5.96. The zero-order valence-corrected chi connectivity index (χ0v) is 18.9. The number of fused-ring (bicyclic) bond motifs is 1. The third-order valence-corrected chi connectivity index (χ3v) is 8.22. The molecule has 6 rings (SSSR count). The quantitative estimate of drug-likeness (QED) is 0.607. The van der Waals surface area contributed by atoms with Crippen LogP contribution in [0, 0.1) is 17.3 Å². The van der Waals surface area contributed by atoms with Crippen molar-refractivity contribution in [3.8, 4) is 5.82 Å². The minimum absolute atomic E-state index is 0.107. The lowest BCUT2D eigenvalue weighted by atomic mass is 9.84. The molecule has 2 unspecified atom stereocenters. The number of carbonyl (C=O) groups is 2. The molecule has 11 nitrogen and oxygen atoms in total. The Morgan fingerprint density at radius 1 is 1.27 bits per heavy atom. The third kappa shape index (κ3) is 2.87. The Labute approximate surface area is 190 Å². The number of aromatic nitrogens is 6. The van der Waals surface area contributed by atoms with Crippen LogP contribution in [-0.2, 0) is 20.9 Å². The molecule has 172 valence electrons. The van der Waals surface area contributed by atoms with Gasteiger partial charge in [-0.3, -0.25) is 14.7 Å². The molecule has 3 fully saturated rings. The second-order valence-corrected chi connectivity index (χ2v) is 9.70. The second kappa shape index (κ2) is 7.14. The summed E-state index contributed by atoms with van der Waals surface area (Å²) in [4.78, 5) is 38.5. The van der Waals surface area contributed by atoms with Crippen LogP contribution >= 0.6 is 0 Å². The van der Waals surface area contributed by atoms with Crippen LogP contribution in [0.3, 0.4) is 0 Å². The highest BCUT2D eigenvalue weighted by atomic mass is 16.5. The minimum atomic E-state index is -0.306. The Balaban J connectivity index is 1.12. The summed E-state index contributed by atoms with van der Waals surface area (Å²) in [6.45, 7) is 4.79. The molecule has 11 heteroatoms. The first-order valence-corrected chi connectivity index (χ1v) is 11.4. The molecule has 1 amide bonds. The summed E-state index contributed by atoms with van der Waals surface area (Å²) >= 11 is 0. The van der Waals surface area contributed by atoms with Gasteiger partial charge in [-0.25, -0.2) is 9.78 Å². The molecule has 4 heterocycles. The summed E-state index contributed by atoms with van der Waals surface area (Å²) in [6.07, 6.45) is 7.78. The highest BCUT2D eigenvalue weighted by Crippen LogP contribution is 2.73. The van der Waals surface area contributed by atoms with Crippen LogP contribution < -0.4 is 0 Å². The zero-order valence-electron chi connectivity index (χ0n) is 18.9. The van der Waals surface area contributed by atoms with Gasteiger partial charge in [-0.05, 0) is 62.4 Å². The van der Waals surface area contributed by atoms with Gasteiger partial charge >= 0.3 is 5.97 Å². The van der Waals surface area contributed by atoms with E-state index >= 15 is 0 Å². The number of hydrogen-bond acceptors (Lipinski definition) is 9. The van der Waals surface area contributed by atoms with Gasteiger partial charge in [-0.2, -0.15) is 4.68 Å². The lowest BCUT2D eigenvalue weighted by Crippen LogP contribution is -2.43. The molecular weight excluding hydrogens is 424 g/mol. The van der Waals surface area contributed by atoms with Gasteiger partial charge in [0.1, 0.15) is 12.9 Å². The molecule has 2 aliphatic carbocycles. The number of rotatable bonds is 5. The van der Waals surface area contributed by atoms with Crippen LogP contribution in [0.2, 0.25) is 0 Å². The number of esters is 1. The second-order valence-electron chi connectivity index (χ2n) is 9.70. The molecule has 33 heavy (non-hydrogen) atoms. The predicted octanol–water partition coefficient (Wildman–Crippen LogP) is 0.731. The van der Waals surface area contributed by atoms with Crippen LogP contribution in [0.5, 0.6) is 0 Å². The molecule has 0 radical (unpaired) electrons. The Bertz CT molecular complexity index is 1150. The number of cyclic esters (lactones) is 1. The number of piperidine rings is 1. The maximum absolute atomic E-state index is 13.5. The van der Waals surface area contributed by atoms with Gasteiger partial charge in [0.2, 0.25) is 5.91 Å². The van der Waals surface area contributed by atoms with Crippen LogP contribution in [-0.4, -0.2) is 77.6 Å². The van der Waals surface area contributed by atoms with Gasteiger partial charge in [-0.1, -0.05) is 0 Å². The van der Waals surface area contributed by atoms with Crippen molar-refractivity contribution in [3.63, 3.8) is 0 Å². The van der Waals surface area contributed by atoms with E-state index in [1.807, 2.05) is 4.90 Å². The van der Waals surface area contributed by atoms with E-state index in [2.05, 4.69) is 44.4 Å². The highest BCUT2D eigenvalue weighted by Gasteiger charge is 2.78. The summed E-state index contributed by atoms with van der Waals surface area (Å²) in [5.41, 5.74) is 1.98. The molecule has 2 saturated carbocycles. The number of likely N-dealkylation sites (tertiary alicyclic amines) is 1. The van der Waals surface area contributed by atoms with E-state index in [-0.39, 0.29) is 29.9 Å². The Morgan fingerprint density at radius 3 is 2.79 bits per heavy atom. The van der Waals surface area contributed by atoms with E-state index in [1.165, 1.54) is 11.0 Å². The molecule has 2 aromatic heterocycles. The molecule has 4 aliphatic rings. The number of nitrogens with zero attached hydrogens (tertiary/aromatic N) is 8. The van der Waals surface area contributed by atoms with Crippen molar-refractivity contribution in [2.75, 3.05) is 13.7 Å². The number of ether oxygens (including phenoxy) is 1. The normalized spacial score (nSPS) is 32.9. The van der Waals surface area contributed by atoms with Crippen molar-refractivity contribution in [3.05, 3.63) is 35.7 Å². The first-order valence-electron chi connectivity index (χ1n) is 11.4. The van der Waals surface area contributed by atoms with E-state index < -0.39 is 0 Å². The smallest absolute Gasteiger partial charge is 0.336 e. The van der Waals surface area contributed by atoms with Gasteiger partial charge in [0.05, 0.1) is 34.8 Å². The van der Waals surface area contributed by atoms with E-state index in [0.29, 0.717) is 35.8 Å². The predicted molar refractivity (Wildman–Crippen MR) is 113 cm³/mol. The summed E-state index contributed by atoms with van der Waals surface area (Å²) in [6, 6.07) is 0.508. The van der Waals surface area contributed by atoms with E-state index in [9.17, 15) is 9.59 Å². The Hall–Kier alpha value is -3.21. The topological polar surface area (TPSA) is 119 Å². The molecular formula is C22H26N8O3. The first-order chi connectivity index (χ1) is 15.9. The van der Waals surface area contributed by atoms with Crippen LogP contribution in [0.15, 0.2) is 30.0 Å². The van der Waals surface area contributed by atoms with Crippen LogP contribution in [0.1, 0.15) is 38.8 Å². The van der Waals surface area contributed by atoms with Crippen LogP contribution in [0.4, 0.5) is 0 Å². The van der Waals surface area contributed by atoms with Crippen molar-refractivity contribution in [2.45, 2.75) is 51.7 Å². The molecule has 2 aliphatic heterocycles. The summed E-state index contributed by atoms with van der Waals surface area (Å²) in [5.74, 6) is 1.23. The fraction of sp³-hybridized carbons (Fsp3) is 0.591. The SMILES string of the molecule is CC1=C(N2C(=O)[C@]34CC[C@H](N(C)Cc5cnc(-n6cnnn6)cn5)CC3C4[C@@H]2C)COC1=O. The molecule has 0 aromatic carbocycles. The first kappa shape index (κ1) is 20.4. The maximum Gasteiger partial charge on any atom is 0.336 e. The average Bonchev–Trinajstić information content (AvgIpc) is 3.07. The average molecular weight is 451 g/mol. The lowest BCUT2D eigenvalue weighted by Gasteiger charge is -2.36. The van der Waals surface area contributed by atoms with Gasteiger partial charge < -0.3 is 9.64 Å². The van der Waals surface area contributed by atoms with E-state index in [4.69, 9.17) is 4.74 Å². The van der Waals surface area contributed by atoms with E-state index in [1.54, 1.807) is 19.3 Å². The van der Waals surface area contributed by atoms with Gasteiger partial charge in [0.25, 0.3) is 0 Å². The minimum Gasteiger partial charge on any atom is -0.456 e. The summed E-state index contributed by atoms with van der Waals surface area (Å²) < 4.78 is 6.64. The molecule has 0 bridgehead atoms. The number of carbonyl (C=O) groups excluding carboxylic acids is 2. The molecule has 1 saturated heterocycles. The Kier molecular flexibility index (Phi) is 4.42. The van der Waals surface area contributed by atoms with Crippen molar-refractivity contribution in [1.82, 2.24) is 40.0 Å². The Morgan fingerprint density at radius 2 is 2.12 bits per heavy atom. The summed E-state index contributed by atoms with van der Waals surface area (Å²) in [7, 11) is 2.12. The molecule has 5 atom stereocenters.